The molecule has 0 saturated heterocycles. The molecule has 0 aliphatic carbocycles. The van der Waals surface area contributed by atoms with Crippen molar-refractivity contribution in [3.05, 3.63) is 35.9 Å². The fraction of sp³-hybridized carbons (Fsp3) is 0.500. The largest absolute Gasteiger partial charge is 0.463 e. The molecule has 2 aromatic rings. The van der Waals surface area contributed by atoms with E-state index >= 15 is 0 Å². The van der Waals surface area contributed by atoms with Crippen molar-refractivity contribution in [2.24, 2.45) is 0 Å². The molecule has 0 aliphatic heterocycles. The number of aromatic nitrogens is 2. The molecule has 24 heavy (non-hydrogen) atoms. The smallest absolute Gasteiger partial charge is 0.320 e. The molecule has 2 heterocycles. The number of likely N-dealkylation sites (N-methyl/N-ethyl adjacent to an activating group) is 1. The van der Waals surface area contributed by atoms with Crippen molar-refractivity contribution in [3.63, 3.8) is 0 Å². The maximum atomic E-state index is 11.9. The molecule has 2 aromatic heterocycles. The van der Waals surface area contributed by atoms with Crippen LogP contribution in [0, 0.1) is 6.92 Å². The quantitative estimate of drug-likeness (QED) is 0.710. The number of carbonyl (C=O) groups excluding carboxylic acids is 1. The predicted octanol–water partition coefficient (Wildman–Crippen LogP) is 1.38. The number of anilines is 1. The molecule has 1 atom stereocenters. The van der Waals surface area contributed by atoms with Crippen LogP contribution in [0.25, 0.3) is 0 Å². The van der Waals surface area contributed by atoms with Crippen LogP contribution in [0.3, 0.4) is 0 Å². The van der Waals surface area contributed by atoms with Gasteiger partial charge in [-0.25, -0.2) is 4.79 Å². The van der Waals surface area contributed by atoms with Crippen molar-refractivity contribution >= 4 is 11.8 Å². The SMILES string of the molecule is Cc1ccc(C(C)(O)CNC(=O)Nc2ccn(CCN(C)C)n2)o1. The summed E-state index contributed by atoms with van der Waals surface area (Å²) in [6, 6.07) is 4.76. The molecule has 3 N–H and O–H groups in total. The van der Waals surface area contributed by atoms with E-state index in [2.05, 4.69) is 20.6 Å². The Morgan fingerprint density at radius 3 is 2.79 bits per heavy atom. The number of rotatable bonds is 7. The Morgan fingerprint density at radius 2 is 2.17 bits per heavy atom. The first kappa shape index (κ1) is 18.0. The topological polar surface area (TPSA) is 95.6 Å². The van der Waals surface area contributed by atoms with Crippen LogP contribution in [0.4, 0.5) is 10.6 Å². The van der Waals surface area contributed by atoms with Crippen LogP contribution in [-0.2, 0) is 12.1 Å². The fourth-order valence-corrected chi connectivity index (χ4v) is 2.08. The molecule has 0 spiro atoms. The van der Waals surface area contributed by atoms with Gasteiger partial charge >= 0.3 is 6.03 Å². The van der Waals surface area contributed by atoms with E-state index in [0.29, 0.717) is 17.3 Å². The molecule has 0 bridgehead atoms. The highest BCUT2D eigenvalue weighted by Gasteiger charge is 2.27. The third-order valence-electron chi connectivity index (χ3n) is 3.52. The lowest BCUT2D eigenvalue weighted by Crippen LogP contribution is -2.40. The van der Waals surface area contributed by atoms with Crippen molar-refractivity contribution < 1.29 is 14.3 Å². The van der Waals surface area contributed by atoms with Crippen molar-refractivity contribution in [1.82, 2.24) is 20.0 Å². The molecule has 8 nitrogen and oxygen atoms in total. The van der Waals surface area contributed by atoms with Gasteiger partial charge < -0.3 is 19.7 Å². The van der Waals surface area contributed by atoms with E-state index in [1.807, 2.05) is 14.1 Å². The van der Waals surface area contributed by atoms with E-state index in [4.69, 9.17) is 4.42 Å². The maximum absolute atomic E-state index is 11.9. The van der Waals surface area contributed by atoms with Crippen LogP contribution in [0.1, 0.15) is 18.4 Å². The number of hydrogen-bond donors (Lipinski definition) is 3. The van der Waals surface area contributed by atoms with Crippen LogP contribution >= 0.6 is 0 Å². The van der Waals surface area contributed by atoms with Crippen LogP contribution in [0.15, 0.2) is 28.8 Å². The summed E-state index contributed by atoms with van der Waals surface area (Å²) in [7, 11) is 3.98. The summed E-state index contributed by atoms with van der Waals surface area (Å²) in [5, 5.41) is 19.9. The molecule has 0 aromatic carbocycles. The van der Waals surface area contributed by atoms with Crippen molar-refractivity contribution in [3.8, 4) is 0 Å². The average molecular weight is 335 g/mol. The molecule has 132 valence electrons. The molecule has 0 saturated carbocycles. The summed E-state index contributed by atoms with van der Waals surface area (Å²) < 4.78 is 7.17. The molecule has 2 amide bonds. The number of urea groups is 1. The van der Waals surface area contributed by atoms with Gasteiger partial charge in [0.25, 0.3) is 0 Å². The third kappa shape index (κ3) is 5.10. The number of aliphatic hydroxyl groups is 1. The number of carbonyl (C=O) groups is 1. The van der Waals surface area contributed by atoms with Gasteiger partial charge in [-0.05, 0) is 40.1 Å². The van der Waals surface area contributed by atoms with Gasteiger partial charge in [-0.3, -0.25) is 10.00 Å². The third-order valence-corrected chi connectivity index (χ3v) is 3.52. The monoisotopic (exact) mass is 335 g/mol. The summed E-state index contributed by atoms with van der Waals surface area (Å²) >= 11 is 0. The van der Waals surface area contributed by atoms with Gasteiger partial charge in [-0.15, -0.1) is 0 Å². The summed E-state index contributed by atoms with van der Waals surface area (Å²) in [5.74, 6) is 1.57. The van der Waals surface area contributed by atoms with E-state index in [9.17, 15) is 9.90 Å². The van der Waals surface area contributed by atoms with Crippen LogP contribution in [-0.4, -0.2) is 53.0 Å². The van der Waals surface area contributed by atoms with Gasteiger partial charge in [0.2, 0.25) is 0 Å². The first-order valence-corrected chi connectivity index (χ1v) is 7.78. The number of furan rings is 1. The summed E-state index contributed by atoms with van der Waals surface area (Å²) in [6.07, 6.45) is 1.81. The number of aryl methyl sites for hydroxylation is 1. The van der Waals surface area contributed by atoms with E-state index < -0.39 is 11.6 Å². The second-order valence-corrected chi connectivity index (χ2v) is 6.26. The van der Waals surface area contributed by atoms with Gasteiger partial charge in [0.1, 0.15) is 17.1 Å². The lowest BCUT2D eigenvalue weighted by atomic mass is 10.0. The molecule has 0 fully saturated rings. The minimum absolute atomic E-state index is 0.0210. The number of nitrogens with zero attached hydrogens (tertiary/aromatic N) is 3. The number of nitrogens with one attached hydrogen (secondary N) is 2. The average Bonchev–Trinajstić information content (AvgIpc) is 3.12. The summed E-state index contributed by atoms with van der Waals surface area (Å²) in [6.45, 7) is 5.00. The van der Waals surface area contributed by atoms with Gasteiger partial charge in [0.15, 0.2) is 5.82 Å². The summed E-state index contributed by atoms with van der Waals surface area (Å²) in [4.78, 5) is 14.0. The van der Waals surface area contributed by atoms with E-state index in [0.717, 1.165) is 13.1 Å². The van der Waals surface area contributed by atoms with E-state index in [1.165, 1.54) is 0 Å². The van der Waals surface area contributed by atoms with Crippen molar-refractivity contribution in [1.29, 1.82) is 0 Å². The van der Waals surface area contributed by atoms with E-state index in [-0.39, 0.29) is 6.54 Å². The molecule has 0 radical (unpaired) electrons. The number of amides is 2. The van der Waals surface area contributed by atoms with Crippen LogP contribution in [0.2, 0.25) is 0 Å². The molecular formula is C16H25N5O3. The maximum Gasteiger partial charge on any atom is 0.320 e. The first-order valence-electron chi connectivity index (χ1n) is 7.78. The Hall–Kier alpha value is -2.32. The second-order valence-electron chi connectivity index (χ2n) is 6.26. The molecule has 1 unspecified atom stereocenters. The van der Waals surface area contributed by atoms with E-state index in [1.54, 1.807) is 42.9 Å². The highest BCUT2D eigenvalue weighted by molar-refractivity contribution is 5.88. The Kier molecular flexibility index (Phi) is 5.63. The predicted molar refractivity (Wildman–Crippen MR) is 90.8 cm³/mol. The first-order chi connectivity index (χ1) is 11.3. The van der Waals surface area contributed by atoms with Crippen LogP contribution in [0.5, 0.6) is 0 Å². The molecule has 2 rings (SSSR count). The minimum Gasteiger partial charge on any atom is -0.463 e. The van der Waals surface area contributed by atoms with Gasteiger partial charge in [-0.1, -0.05) is 0 Å². The van der Waals surface area contributed by atoms with Crippen molar-refractivity contribution in [2.45, 2.75) is 26.0 Å². The zero-order valence-electron chi connectivity index (χ0n) is 14.5. The Balaban J connectivity index is 1.83. The van der Waals surface area contributed by atoms with Gasteiger partial charge in [0.05, 0.1) is 13.1 Å². The Labute approximate surface area is 141 Å². The lowest BCUT2D eigenvalue weighted by molar-refractivity contribution is 0.0364. The second kappa shape index (κ2) is 7.50. The zero-order valence-corrected chi connectivity index (χ0v) is 14.5. The lowest BCUT2D eigenvalue weighted by Gasteiger charge is -2.21. The normalized spacial score (nSPS) is 13.8. The highest BCUT2D eigenvalue weighted by atomic mass is 16.4. The van der Waals surface area contributed by atoms with Crippen molar-refractivity contribution in [2.75, 3.05) is 32.5 Å². The fourth-order valence-electron chi connectivity index (χ4n) is 2.08. The zero-order chi connectivity index (χ0) is 17.7. The standard InChI is InChI=1S/C16H25N5O3/c1-12-5-6-13(24-12)16(2,23)11-17-15(22)18-14-7-8-21(19-14)10-9-20(3)4/h5-8,23H,9-11H2,1-4H3,(H2,17,18,19,22). The summed E-state index contributed by atoms with van der Waals surface area (Å²) in [5.41, 5.74) is -1.28. The van der Waals surface area contributed by atoms with Gasteiger partial charge in [-0.2, -0.15) is 5.10 Å². The molecule has 0 aliphatic rings. The highest BCUT2D eigenvalue weighted by Crippen LogP contribution is 2.21. The molecule has 8 heteroatoms. The number of hydrogen-bond acceptors (Lipinski definition) is 5. The van der Waals surface area contributed by atoms with Crippen LogP contribution < -0.4 is 10.6 Å². The molecular weight excluding hydrogens is 310 g/mol. The Morgan fingerprint density at radius 1 is 1.42 bits per heavy atom. The minimum atomic E-state index is -1.28. The van der Waals surface area contributed by atoms with Gasteiger partial charge in [0, 0.05) is 18.8 Å². The Bertz CT molecular complexity index is 675.